The van der Waals surface area contributed by atoms with Crippen LogP contribution in [-0.2, 0) is 23.7 Å². The summed E-state index contributed by atoms with van der Waals surface area (Å²) in [5.74, 6) is -0.0541. The Kier molecular flexibility index (Phi) is 9.22. The topological polar surface area (TPSA) is 237 Å². The van der Waals surface area contributed by atoms with Crippen molar-refractivity contribution in [2.45, 2.75) is 118 Å². The van der Waals surface area contributed by atoms with Crippen molar-refractivity contribution >= 4 is 0 Å². The van der Waals surface area contributed by atoms with Crippen molar-refractivity contribution in [2.75, 3.05) is 13.7 Å². The first-order valence-corrected chi connectivity index (χ1v) is 12.6. The van der Waals surface area contributed by atoms with E-state index >= 15 is 0 Å². The van der Waals surface area contributed by atoms with Crippen molar-refractivity contribution in [2.24, 2.45) is 23.1 Å². The van der Waals surface area contributed by atoms with E-state index in [2.05, 4.69) is 5.32 Å². The molecular weight excluding hydrogens is 480 g/mol. The highest BCUT2D eigenvalue weighted by atomic mass is 16.8. The van der Waals surface area contributed by atoms with Gasteiger partial charge in [0, 0.05) is 12.1 Å². The Labute approximate surface area is 209 Å². The number of rotatable bonds is 6. The summed E-state index contributed by atoms with van der Waals surface area (Å²) in [6.07, 6.45) is -9.77. The van der Waals surface area contributed by atoms with Crippen LogP contribution in [-0.4, -0.2) is 131 Å². The minimum absolute atomic E-state index is 0.0541. The van der Waals surface area contributed by atoms with E-state index in [1.165, 1.54) is 0 Å². The van der Waals surface area contributed by atoms with Crippen molar-refractivity contribution in [1.29, 1.82) is 0 Å². The van der Waals surface area contributed by atoms with Gasteiger partial charge in [-0.05, 0) is 32.2 Å². The fourth-order valence-corrected chi connectivity index (χ4v) is 5.61. The third-order valence-corrected chi connectivity index (χ3v) is 7.85. The molecule has 14 nitrogen and oxygen atoms in total. The van der Waals surface area contributed by atoms with E-state index in [9.17, 15) is 25.5 Å². The third-order valence-electron chi connectivity index (χ3n) is 7.85. The van der Waals surface area contributed by atoms with E-state index in [4.69, 9.17) is 40.9 Å². The number of likely N-dealkylation sites (N-methyl/N-ethyl adjacent to an activating group) is 1. The second-order valence-corrected chi connectivity index (χ2v) is 10.5. The standard InChI is InChI=1S/C22H42N4O10/c1-7-3-11(28)21(33-13(7)6-27)36-22-14(26-2)16(30)19-12(32-22)5-10(25)20(35-19)34-18-9(24)4-8(23)15(29)17(18)31/h7-22,26-31H,3-6,23-25H2,1-2H3. The summed E-state index contributed by atoms with van der Waals surface area (Å²) in [5, 5.41) is 54.7. The maximum atomic E-state index is 11.1. The fraction of sp³-hybridized carbons (Fsp3) is 1.00. The molecule has 4 rings (SSSR count). The molecule has 0 bridgehead atoms. The van der Waals surface area contributed by atoms with Gasteiger partial charge < -0.3 is 71.7 Å². The highest BCUT2D eigenvalue weighted by Gasteiger charge is 2.53. The number of aliphatic hydroxyl groups excluding tert-OH is 5. The van der Waals surface area contributed by atoms with Gasteiger partial charge in [0.05, 0.1) is 37.0 Å². The molecule has 16 atom stereocenters. The fourth-order valence-electron chi connectivity index (χ4n) is 5.61. The van der Waals surface area contributed by atoms with Gasteiger partial charge in [-0.25, -0.2) is 0 Å². The predicted octanol–water partition coefficient (Wildman–Crippen LogP) is -4.61. The van der Waals surface area contributed by atoms with E-state index in [1.807, 2.05) is 6.92 Å². The average molecular weight is 523 g/mol. The SMILES string of the molecule is CNC1C(OC2OC(CO)C(C)CC2O)OC2CC(N)C(OC3C(N)CC(N)C(O)C3O)OC2C1O. The van der Waals surface area contributed by atoms with Crippen molar-refractivity contribution in [3.05, 3.63) is 0 Å². The van der Waals surface area contributed by atoms with Crippen molar-refractivity contribution in [1.82, 2.24) is 5.32 Å². The first-order chi connectivity index (χ1) is 17.0. The third kappa shape index (κ3) is 5.58. The first kappa shape index (κ1) is 28.4. The van der Waals surface area contributed by atoms with Crippen molar-refractivity contribution < 1.29 is 49.2 Å². The molecule has 36 heavy (non-hydrogen) atoms. The smallest absolute Gasteiger partial charge is 0.186 e. The lowest BCUT2D eigenvalue weighted by molar-refractivity contribution is -0.369. The highest BCUT2D eigenvalue weighted by molar-refractivity contribution is 5.01. The quantitative estimate of drug-likeness (QED) is 0.160. The molecule has 3 aliphatic heterocycles. The summed E-state index contributed by atoms with van der Waals surface area (Å²) in [6, 6.07) is -2.78. The molecule has 4 fully saturated rings. The van der Waals surface area contributed by atoms with E-state index in [1.54, 1.807) is 7.05 Å². The minimum Gasteiger partial charge on any atom is -0.394 e. The molecule has 210 valence electrons. The predicted molar refractivity (Wildman–Crippen MR) is 123 cm³/mol. The molecule has 12 N–H and O–H groups in total. The van der Waals surface area contributed by atoms with Gasteiger partial charge in [0.25, 0.3) is 0 Å². The molecule has 0 spiro atoms. The van der Waals surface area contributed by atoms with Crippen LogP contribution in [0.1, 0.15) is 26.2 Å². The Bertz CT molecular complexity index is 724. The highest BCUT2D eigenvalue weighted by Crippen LogP contribution is 2.36. The Balaban J connectivity index is 1.42. The number of hydrogen-bond donors (Lipinski definition) is 9. The minimum atomic E-state index is -1.32. The molecule has 0 aromatic rings. The van der Waals surface area contributed by atoms with Gasteiger partial charge in [0.15, 0.2) is 18.9 Å². The van der Waals surface area contributed by atoms with Crippen LogP contribution >= 0.6 is 0 Å². The van der Waals surface area contributed by atoms with Crippen molar-refractivity contribution in [3.8, 4) is 0 Å². The Hall–Kier alpha value is -0.560. The van der Waals surface area contributed by atoms with Gasteiger partial charge in [0.2, 0.25) is 0 Å². The summed E-state index contributed by atoms with van der Waals surface area (Å²) in [4.78, 5) is 0. The molecule has 0 amide bonds. The van der Waals surface area contributed by atoms with Gasteiger partial charge >= 0.3 is 0 Å². The van der Waals surface area contributed by atoms with Crippen LogP contribution in [0.25, 0.3) is 0 Å². The van der Waals surface area contributed by atoms with E-state index in [0.717, 1.165) is 0 Å². The first-order valence-electron chi connectivity index (χ1n) is 12.6. The number of ether oxygens (including phenoxy) is 5. The molecule has 3 saturated heterocycles. The van der Waals surface area contributed by atoms with Crippen LogP contribution in [0.2, 0.25) is 0 Å². The van der Waals surface area contributed by atoms with Crippen LogP contribution in [0.5, 0.6) is 0 Å². The summed E-state index contributed by atoms with van der Waals surface area (Å²) in [5.41, 5.74) is 18.2. The average Bonchev–Trinajstić information content (AvgIpc) is 2.83. The van der Waals surface area contributed by atoms with Gasteiger partial charge in [-0.2, -0.15) is 0 Å². The van der Waals surface area contributed by atoms with E-state index in [0.29, 0.717) is 6.42 Å². The van der Waals surface area contributed by atoms with Gasteiger partial charge in [-0.15, -0.1) is 0 Å². The molecule has 1 aliphatic carbocycles. The number of nitrogens with one attached hydrogen (secondary N) is 1. The van der Waals surface area contributed by atoms with Gasteiger partial charge in [-0.3, -0.25) is 0 Å². The zero-order valence-electron chi connectivity index (χ0n) is 20.6. The Morgan fingerprint density at radius 1 is 0.806 bits per heavy atom. The molecule has 0 aromatic carbocycles. The zero-order chi connectivity index (χ0) is 26.3. The molecule has 1 saturated carbocycles. The number of nitrogens with two attached hydrogens (primary N) is 3. The summed E-state index contributed by atoms with van der Waals surface area (Å²) >= 11 is 0. The van der Waals surface area contributed by atoms with Crippen LogP contribution < -0.4 is 22.5 Å². The lowest BCUT2D eigenvalue weighted by Gasteiger charge is -2.51. The largest absolute Gasteiger partial charge is 0.394 e. The Morgan fingerprint density at radius 3 is 2.19 bits per heavy atom. The summed E-state index contributed by atoms with van der Waals surface area (Å²) in [7, 11) is 1.62. The molecular formula is C22H42N4O10. The number of fused-ring (bicyclic) bond motifs is 1. The zero-order valence-corrected chi connectivity index (χ0v) is 20.6. The van der Waals surface area contributed by atoms with E-state index in [-0.39, 0.29) is 25.4 Å². The van der Waals surface area contributed by atoms with Crippen molar-refractivity contribution in [3.63, 3.8) is 0 Å². The summed E-state index contributed by atoms with van der Waals surface area (Å²) < 4.78 is 29.7. The van der Waals surface area contributed by atoms with Crippen LogP contribution in [0.15, 0.2) is 0 Å². The maximum absolute atomic E-state index is 11.1. The molecule has 3 heterocycles. The lowest BCUT2D eigenvalue weighted by atomic mass is 9.84. The molecule has 14 heteroatoms. The maximum Gasteiger partial charge on any atom is 0.186 e. The lowest BCUT2D eigenvalue weighted by Crippen LogP contribution is -2.69. The summed E-state index contributed by atoms with van der Waals surface area (Å²) in [6.45, 7) is 1.66. The molecule has 4 aliphatic rings. The van der Waals surface area contributed by atoms with Crippen LogP contribution in [0.4, 0.5) is 0 Å². The second kappa shape index (κ2) is 11.7. The van der Waals surface area contributed by atoms with E-state index < -0.39 is 91.9 Å². The van der Waals surface area contributed by atoms with Crippen LogP contribution in [0.3, 0.4) is 0 Å². The number of aliphatic hydroxyl groups is 5. The Morgan fingerprint density at radius 2 is 1.53 bits per heavy atom. The van der Waals surface area contributed by atoms with Gasteiger partial charge in [0.1, 0.15) is 30.5 Å². The normalized spacial score (nSPS) is 54.2. The second-order valence-electron chi connectivity index (χ2n) is 10.5. The monoisotopic (exact) mass is 522 g/mol. The molecule has 0 aromatic heterocycles. The van der Waals surface area contributed by atoms with Gasteiger partial charge in [-0.1, -0.05) is 6.92 Å². The molecule has 16 unspecified atom stereocenters. The number of hydrogen-bond acceptors (Lipinski definition) is 14. The molecule has 0 radical (unpaired) electrons. The van der Waals surface area contributed by atoms with Crippen LogP contribution in [0, 0.1) is 5.92 Å².